The van der Waals surface area contributed by atoms with Crippen molar-refractivity contribution in [2.45, 2.75) is 83.7 Å². The van der Waals surface area contributed by atoms with Crippen LogP contribution >= 0.6 is 12.4 Å². The van der Waals surface area contributed by atoms with Crippen LogP contribution in [0, 0.1) is 0 Å². The second kappa shape index (κ2) is 22.0. The molecule has 0 saturated carbocycles. The Bertz CT molecular complexity index is 618. The number of likely N-dealkylation sites (N-methyl/N-ethyl adjacent to an activating group) is 1. The number of esters is 1. The molecule has 190 valence electrons. The molecule has 1 atom stereocenters. The number of allylic oxidation sites excluding steroid dienone is 8. The predicted octanol–water partition coefficient (Wildman–Crippen LogP) is 5.31. The highest BCUT2D eigenvalue weighted by Gasteiger charge is 2.22. The summed E-state index contributed by atoms with van der Waals surface area (Å²) >= 11 is 0. The molecular weight excluding hydrogens is 438 g/mol. The van der Waals surface area contributed by atoms with Crippen molar-refractivity contribution in [3.63, 3.8) is 0 Å². The van der Waals surface area contributed by atoms with Gasteiger partial charge in [-0.15, -0.1) is 12.4 Å². The Morgan fingerprint density at radius 1 is 0.818 bits per heavy atom. The Morgan fingerprint density at radius 3 is 1.76 bits per heavy atom. The van der Waals surface area contributed by atoms with Gasteiger partial charge in [-0.2, -0.15) is 0 Å². The summed E-state index contributed by atoms with van der Waals surface area (Å²) in [5.74, 6) is -1.54. The largest absolute Gasteiger partial charge is 0.550 e. The zero-order valence-electron chi connectivity index (χ0n) is 21.2. The first kappa shape index (κ1) is 33.3. The second-order valence-corrected chi connectivity index (χ2v) is 9.14. The molecule has 0 N–H and O–H groups in total. The highest BCUT2D eigenvalue weighted by atomic mass is 35.5. The number of carbonyl (C=O) groups excluding carboxylic acids is 2. The van der Waals surface area contributed by atoms with Crippen LogP contribution in [0.1, 0.15) is 77.6 Å². The van der Waals surface area contributed by atoms with Gasteiger partial charge in [0, 0.05) is 18.8 Å². The number of ether oxygens (including phenoxy) is 1. The standard InChI is InChI=1S/C27H45NO4.ClH/c1-5-6-7-8-9-10-11-12-13-14-15-16-17-18-19-20-21-22-27(31)32-25(23-26(29)30)24-28(2,3)4;/h9-10,12-13,15-16,18-19,25H,5-8,11,14,17,20-24H2,1-4H3;1H/b10-9-,13-12-,16-15-,19-18-;/t25-;/m1./s1. The fraction of sp³-hybridized carbons (Fsp3) is 0.630. The van der Waals surface area contributed by atoms with E-state index in [4.69, 9.17) is 4.74 Å². The summed E-state index contributed by atoms with van der Waals surface area (Å²) in [6, 6.07) is 0. The number of carboxylic acid groups (broad SMARTS) is 1. The van der Waals surface area contributed by atoms with E-state index in [1.54, 1.807) is 0 Å². The van der Waals surface area contributed by atoms with Crippen molar-refractivity contribution in [1.82, 2.24) is 0 Å². The van der Waals surface area contributed by atoms with Crippen LogP contribution in [-0.4, -0.2) is 50.2 Å². The lowest BCUT2D eigenvalue weighted by Crippen LogP contribution is -2.45. The van der Waals surface area contributed by atoms with E-state index < -0.39 is 12.1 Å². The maximum atomic E-state index is 12.0. The molecule has 5 nitrogen and oxygen atoms in total. The number of hydrogen-bond donors (Lipinski definition) is 0. The van der Waals surface area contributed by atoms with Crippen LogP contribution in [0.25, 0.3) is 0 Å². The highest BCUT2D eigenvalue weighted by Crippen LogP contribution is 2.08. The van der Waals surface area contributed by atoms with Crippen molar-refractivity contribution in [3.05, 3.63) is 48.6 Å². The molecule has 0 aromatic heterocycles. The van der Waals surface area contributed by atoms with Crippen LogP contribution in [0.2, 0.25) is 0 Å². The smallest absolute Gasteiger partial charge is 0.306 e. The van der Waals surface area contributed by atoms with Gasteiger partial charge in [-0.25, -0.2) is 0 Å². The number of hydrogen-bond acceptors (Lipinski definition) is 4. The third-order valence-corrected chi connectivity index (χ3v) is 4.65. The molecule has 6 heteroatoms. The van der Waals surface area contributed by atoms with Crippen molar-refractivity contribution in [1.29, 1.82) is 0 Å². The molecule has 33 heavy (non-hydrogen) atoms. The normalized spacial score (nSPS) is 13.2. The number of nitrogens with zero attached hydrogens (tertiary/aromatic N) is 1. The summed E-state index contributed by atoms with van der Waals surface area (Å²) in [5.41, 5.74) is 0. The number of carboxylic acids is 1. The molecule has 0 bridgehead atoms. The molecule has 0 radical (unpaired) electrons. The van der Waals surface area contributed by atoms with Gasteiger partial charge in [0.25, 0.3) is 0 Å². The fourth-order valence-corrected chi connectivity index (χ4v) is 3.11. The average Bonchev–Trinajstić information content (AvgIpc) is 2.68. The maximum absolute atomic E-state index is 12.0. The van der Waals surface area contributed by atoms with Crippen molar-refractivity contribution in [3.8, 4) is 0 Å². The first-order valence-electron chi connectivity index (χ1n) is 12.0. The van der Waals surface area contributed by atoms with Crippen LogP contribution in [0.4, 0.5) is 0 Å². The van der Waals surface area contributed by atoms with Crippen molar-refractivity contribution < 1.29 is 23.9 Å². The first-order valence-corrected chi connectivity index (χ1v) is 12.0. The molecule has 0 heterocycles. The number of carbonyl (C=O) groups is 2. The Kier molecular flexibility index (Phi) is 22.2. The summed E-state index contributed by atoms with van der Waals surface area (Å²) in [4.78, 5) is 22.9. The quantitative estimate of drug-likeness (QED) is 0.108. The summed E-state index contributed by atoms with van der Waals surface area (Å²) in [6.45, 7) is 2.67. The third-order valence-electron chi connectivity index (χ3n) is 4.65. The zero-order valence-corrected chi connectivity index (χ0v) is 22.0. The van der Waals surface area contributed by atoms with Gasteiger partial charge in [-0.1, -0.05) is 68.4 Å². The van der Waals surface area contributed by atoms with E-state index in [-0.39, 0.29) is 24.8 Å². The Labute approximate surface area is 208 Å². The Morgan fingerprint density at radius 2 is 1.30 bits per heavy atom. The summed E-state index contributed by atoms with van der Waals surface area (Å²) in [5, 5.41) is 10.9. The van der Waals surface area contributed by atoms with Crippen LogP contribution in [0.3, 0.4) is 0 Å². The first-order chi connectivity index (χ1) is 15.2. The molecule has 0 aliphatic rings. The fourth-order valence-electron chi connectivity index (χ4n) is 3.11. The summed E-state index contributed by atoms with van der Waals surface area (Å²) in [6.07, 6.45) is 26.1. The van der Waals surface area contributed by atoms with Crippen molar-refractivity contribution >= 4 is 24.3 Å². The van der Waals surface area contributed by atoms with Gasteiger partial charge in [0.15, 0.2) is 6.10 Å². The van der Waals surface area contributed by atoms with E-state index in [1.807, 2.05) is 21.1 Å². The highest BCUT2D eigenvalue weighted by molar-refractivity contribution is 5.85. The number of rotatable bonds is 19. The van der Waals surface area contributed by atoms with Crippen LogP contribution in [0.5, 0.6) is 0 Å². The minimum Gasteiger partial charge on any atom is -0.550 e. The molecule has 0 aliphatic heterocycles. The van der Waals surface area contributed by atoms with Gasteiger partial charge in [-0.3, -0.25) is 4.79 Å². The van der Waals surface area contributed by atoms with Gasteiger partial charge in [0.2, 0.25) is 0 Å². The SMILES string of the molecule is CCCCC/C=C\C/C=C\C/C=C\C/C=C\CCCC(=O)O[C@H](CC(=O)[O-])C[N+](C)(C)C.Cl. The van der Waals surface area contributed by atoms with Crippen molar-refractivity contribution in [2.24, 2.45) is 0 Å². The summed E-state index contributed by atoms with van der Waals surface area (Å²) < 4.78 is 5.87. The van der Waals surface area contributed by atoms with Gasteiger partial charge >= 0.3 is 5.97 Å². The molecule has 0 aliphatic carbocycles. The topological polar surface area (TPSA) is 66.4 Å². The van der Waals surface area contributed by atoms with Crippen LogP contribution in [0.15, 0.2) is 48.6 Å². The molecule has 0 rings (SSSR count). The molecule has 0 aromatic carbocycles. The number of unbranched alkanes of at least 4 members (excludes halogenated alkanes) is 4. The minimum atomic E-state index is -1.20. The van der Waals surface area contributed by atoms with Crippen LogP contribution < -0.4 is 5.11 Å². The number of halogens is 1. The molecule has 0 spiro atoms. The zero-order chi connectivity index (χ0) is 24.1. The Balaban J connectivity index is 0. The molecule has 0 saturated heterocycles. The monoisotopic (exact) mass is 483 g/mol. The third kappa shape index (κ3) is 26.3. The molecule has 0 aromatic rings. The van der Waals surface area contributed by atoms with E-state index in [9.17, 15) is 14.7 Å². The Hall–Kier alpha value is -1.85. The van der Waals surface area contributed by atoms with Gasteiger partial charge < -0.3 is 19.1 Å². The van der Waals surface area contributed by atoms with Gasteiger partial charge in [0.1, 0.15) is 6.54 Å². The van der Waals surface area contributed by atoms with Gasteiger partial charge in [-0.05, 0) is 44.9 Å². The molecular formula is C27H46ClNO4. The van der Waals surface area contributed by atoms with E-state index in [0.717, 1.165) is 25.7 Å². The van der Waals surface area contributed by atoms with E-state index >= 15 is 0 Å². The van der Waals surface area contributed by atoms with E-state index in [1.165, 1.54) is 25.7 Å². The van der Waals surface area contributed by atoms with Gasteiger partial charge in [0.05, 0.1) is 21.1 Å². The minimum absolute atomic E-state index is 0. The lowest BCUT2D eigenvalue weighted by molar-refractivity contribution is -0.873. The lowest BCUT2D eigenvalue weighted by Gasteiger charge is -2.29. The average molecular weight is 484 g/mol. The van der Waals surface area contributed by atoms with Crippen LogP contribution in [-0.2, 0) is 14.3 Å². The number of quaternary nitrogens is 1. The van der Waals surface area contributed by atoms with E-state index in [2.05, 4.69) is 55.5 Å². The second-order valence-electron chi connectivity index (χ2n) is 9.14. The maximum Gasteiger partial charge on any atom is 0.306 e. The lowest BCUT2D eigenvalue weighted by atomic mass is 10.2. The summed E-state index contributed by atoms with van der Waals surface area (Å²) in [7, 11) is 5.79. The number of aliphatic carboxylic acids is 1. The molecule has 0 unspecified atom stereocenters. The van der Waals surface area contributed by atoms with Crippen molar-refractivity contribution in [2.75, 3.05) is 27.7 Å². The molecule has 0 fully saturated rings. The molecule has 0 amide bonds. The van der Waals surface area contributed by atoms with E-state index in [0.29, 0.717) is 23.9 Å². The predicted molar refractivity (Wildman–Crippen MR) is 138 cm³/mol.